The van der Waals surface area contributed by atoms with Crippen LogP contribution in [-0.4, -0.2) is 53.5 Å². The molecule has 0 atom stereocenters. The van der Waals surface area contributed by atoms with Crippen molar-refractivity contribution < 1.29 is 18.7 Å². The molecule has 38 heavy (non-hydrogen) atoms. The van der Waals surface area contributed by atoms with Crippen LogP contribution in [-0.2, 0) is 17.7 Å². The van der Waals surface area contributed by atoms with Crippen LogP contribution in [0.25, 0.3) is 5.57 Å². The van der Waals surface area contributed by atoms with Gasteiger partial charge in [0.1, 0.15) is 11.4 Å². The highest BCUT2D eigenvalue weighted by Crippen LogP contribution is 2.33. The SMILES string of the molecule is CC(C)(C)OC(=O)N1CC=C(c2ccc3c(c2)C/C(=C\C2CCN(Cc4ccc(F)cc4)CC2)C3=O)CC1. The van der Waals surface area contributed by atoms with E-state index in [4.69, 9.17) is 4.74 Å². The summed E-state index contributed by atoms with van der Waals surface area (Å²) < 4.78 is 18.7. The van der Waals surface area contributed by atoms with Crippen LogP contribution in [0.2, 0.25) is 0 Å². The molecule has 2 heterocycles. The fourth-order valence-electron chi connectivity index (χ4n) is 5.59. The maximum Gasteiger partial charge on any atom is 0.410 e. The van der Waals surface area contributed by atoms with E-state index in [0.717, 1.165) is 66.7 Å². The van der Waals surface area contributed by atoms with E-state index in [1.54, 1.807) is 4.90 Å². The number of ketones is 1. The van der Waals surface area contributed by atoms with Gasteiger partial charge in [0.25, 0.3) is 0 Å². The van der Waals surface area contributed by atoms with E-state index in [0.29, 0.717) is 25.4 Å². The smallest absolute Gasteiger partial charge is 0.410 e. The third kappa shape index (κ3) is 6.24. The van der Waals surface area contributed by atoms with Gasteiger partial charge in [0, 0.05) is 37.2 Å². The Kier molecular flexibility index (Phi) is 7.53. The van der Waals surface area contributed by atoms with Gasteiger partial charge in [-0.05, 0) is 93.4 Å². The van der Waals surface area contributed by atoms with Gasteiger partial charge in [0.15, 0.2) is 5.78 Å². The molecule has 0 unspecified atom stereocenters. The summed E-state index contributed by atoms with van der Waals surface area (Å²) in [6.45, 7) is 9.59. The van der Waals surface area contributed by atoms with Crippen LogP contribution >= 0.6 is 0 Å². The summed E-state index contributed by atoms with van der Waals surface area (Å²) in [5, 5.41) is 0. The first kappa shape index (κ1) is 26.4. The molecule has 2 aromatic carbocycles. The van der Waals surface area contributed by atoms with E-state index in [2.05, 4.69) is 23.1 Å². The van der Waals surface area contributed by atoms with Gasteiger partial charge in [-0.3, -0.25) is 9.69 Å². The van der Waals surface area contributed by atoms with Crippen molar-refractivity contribution in [2.45, 2.75) is 58.6 Å². The van der Waals surface area contributed by atoms with Crippen LogP contribution in [0.1, 0.15) is 67.1 Å². The van der Waals surface area contributed by atoms with Crippen molar-refractivity contribution in [3.8, 4) is 0 Å². The minimum absolute atomic E-state index is 0.161. The number of carbonyl (C=O) groups excluding carboxylic acids is 2. The fourth-order valence-corrected chi connectivity index (χ4v) is 5.59. The number of fused-ring (bicyclic) bond motifs is 1. The number of benzene rings is 2. The number of ether oxygens (including phenoxy) is 1. The van der Waals surface area contributed by atoms with E-state index in [9.17, 15) is 14.0 Å². The maximum absolute atomic E-state index is 13.2. The highest BCUT2D eigenvalue weighted by atomic mass is 19.1. The molecule has 1 fully saturated rings. The predicted octanol–water partition coefficient (Wildman–Crippen LogP) is 6.43. The van der Waals surface area contributed by atoms with Crippen LogP contribution in [0.4, 0.5) is 9.18 Å². The number of hydrogen-bond acceptors (Lipinski definition) is 4. The molecular weight excluding hydrogens is 479 g/mol. The maximum atomic E-state index is 13.2. The molecule has 0 radical (unpaired) electrons. The summed E-state index contributed by atoms with van der Waals surface area (Å²) >= 11 is 0. The predicted molar refractivity (Wildman–Crippen MR) is 147 cm³/mol. The van der Waals surface area contributed by atoms with Crippen molar-refractivity contribution >= 4 is 17.4 Å². The molecule has 1 aliphatic carbocycles. The normalized spacial score (nSPS) is 20.0. The summed E-state index contributed by atoms with van der Waals surface area (Å²) in [5.41, 5.74) is 5.82. The Hall–Kier alpha value is -3.25. The average Bonchev–Trinajstić information content (AvgIpc) is 3.20. The standard InChI is InChI=1S/C32H37FN2O3/c1-32(2,3)38-31(37)35-16-12-24(13-17-35)25-6-9-29-26(19-25)20-27(30(29)36)18-22-10-14-34(15-11-22)21-23-4-7-28(33)8-5-23/h4-9,12,18-19,22H,10-11,13-17,20-21H2,1-3H3/b27-18+. The van der Waals surface area contributed by atoms with Gasteiger partial charge in [-0.2, -0.15) is 0 Å². The second-order valence-corrected chi connectivity index (χ2v) is 11.7. The highest BCUT2D eigenvalue weighted by Gasteiger charge is 2.28. The van der Waals surface area contributed by atoms with Gasteiger partial charge in [-0.1, -0.05) is 42.5 Å². The molecule has 2 aliphatic heterocycles. The molecule has 0 bridgehead atoms. The van der Waals surface area contributed by atoms with Crippen LogP contribution in [0.3, 0.4) is 0 Å². The van der Waals surface area contributed by atoms with Gasteiger partial charge < -0.3 is 9.64 Å². The quantitative estimate of drug-likeness (QED) is 0.440. The Labute approximate surface area is 225 Å². The first-order valence-electron chi connectivity index (χ1n) is 13.7. The average molecular weight is 517 g/mol. The van der Waals surface area contributed by atoms with Crippen LogP contribution in [0, 0.1) is 11.7 Å². The number of Topliss-reactive ketones (excluding diaryl/α,β-unsaturated/α-hetero) is 1. The van der Waals surface area contributed by atoms with Crippen molar-refractivity contribution in [2.24, 2.45) is 5.92 Å². The molecule has 1 saturated heterocycles. The van der Waals surface area contributed by atoms with E-state index < -0.39 is 5.60 Å². The minimum atomic E-state index is -0.500. The molecule has 1 amide bonds. The lowest BCUT2D eigenvalue weighted by atomic mass is 9.93. The number of rotatable bonds is 4. The molecular formula is C32H37FN2O3. The fraction of sp³-hybridized carbons (Fsp3) is 0.438. The second-order valence-electron chi connectivity index (χ2n) is 11.7. The summed E-state index contributed by atoms with van der Waals surface area (Å²) in [6, 6.07) is 12.9. The Balaban J connectivity index is 1.18. The number of nitrogens with zero attached hydrogens (tertiary/aromatic N) is 2. The molecule has 0 saturated carbocycles. The van der Waals surface area contributed by atoms with Gasteiger partial charge in [-0.25, -0.2) is 9.18 Å². The summed E-state index contributed by atoms with van der Waals surface area (Å²) in [5.74, 6) is 0.370. The monoisotopic (exact) mass is 516 g/mol. The lowest BCUT2D eigenvalue weighted by molar-refractivity contribution is 0.0270. The van der Waals surface area contributed by atoms with Crippen molar-refractivity contribution in [2.75, 3.05) is 26.2 Å². The highest BCUT2D eigenvalue weighted by molar-refractivity contribution is 6.13. The number of likely N-dealkylation sites (tertiary alicyclic amines) is 1. The molecule has 0 N–H and O–H groups in total. The zero-order chi connectivity index (χ0) is 26.9. The van der Waals surface area contributed by atoms with Crippen LogP contribution in [0.15, 0.2) is 60.2 Å². The second kappa shape index (κ2) is 10.9. The van der Waals surface area contributed by atoms with Crippen molar-refractivity contribution in [3.63, 3.8) is 0 Å². The van der Waals surface area contributed by atoms with E-state index in [1.165, 1.54) is 17.7 Å². The molecule has 5 rings (SSSR count). The zero-order valence-electron chi connectivity index (χ0n) is 22.6. The zero-order valence-corrected chi connectivity index (χ0v) is 22.6. The van der Waals surface area contributed by atoms with Crippen molar-refractivity contribution in [1.82, 2.24) is 9.80 Å². The number of amides is 1. The molecule has 0 spiro atoms. The number of allylic oxidation sites excluding steroid dienone is 2. The number of hydrogen-bond donors (Lipinski definition) is 0. The van der Waals surface area contributed by atoms with Crippen molar-refractivity contribution in [1.29, 1.82) is 0 Å². The number of piperidine rings is 1. The molecule has 6 heteroatoms. The minimum Gasteiger partial charge on any atom is -0.444 e. The largest absolute Gasteiger partial charge is 0.444 e. The van der Waals surface area contributed by atoms with Gasteiger partial charge in [0.2, 0.25) is 0 Å². The van der Waals surface area contributed by atoms with E-state index in [1.807, 2.05) is 45.0 Å². The molecule has 2 aromatic rings. The first-order chi connectivity index (χ1) is 18.1. The van der Waals surface area contributed by atoms with E-state index >= 15 is 0 Å². The van der Waals surface area contributed by atoms with Crippen LogP contribution in [0.5, 0.6) is 0 Å². The Morgan fingerprint density at radius 3 is 2.47 bits per heavy atom. The molecule has 200 valence electrons. The third-order valence-corrected chi connectivity index (χ3v) is 7.64. The van der Waals surface area contributed by atoms with E-state index in [-0.39, 0.29) is 17.7 Å². The molecule has 3 aliphatic rings. The Bertz CT molecular complexity index is 1260. The third-order valence-electron chi connectivity index (χ3n) is 7.64. The number of carbonyl (C=O) groups is 2. The lowest BCUT2D eigenvalue weighted by Crippen LogP contribution is -2.39. The molecule has 0 aromatic heterocycles. The van der Waals surface area contributed by atoms with Gasteiger partial charge in [-0.15, -0.1) is 0 Å². The van der Waals surface area contributed by atoms with Gasteiger partial charge >= 0.3 is 6.09 Å². The summed E-state index contributed by atoms with van der Waals surface area (Å²) in [7, 11) is 0. The van der Waals surface area contributed by atoms with Crippen LogP contribution < -0.4 is 0 Å². The number of halogens is 1. The first-order valence-corrected chi connectivity index (χ1v) is 13.7. The molecule has 5 nitrogen and oxygen atoms in total. The summed E-state index contributed by atoms with van der Waals surface area (Å²) in [4.78, 5) is 29.7. The summed E-state index contributed by atoms with van der Waals surface area (Å²) in [6.07, 6.45) is 7.56. The van der Waals surface area contributed by atoms with Crippen molar-refractivity contribution in [3.05, 3.63) is 88.3 Å². The Morgan fingerprint density at radius 1 is 1.08 bits per heavy atom. The Morgan fingerprint density at radius 2 is 1.82 bits per heavy atom. The van der Waals surface area contributed by atoms with Gasteiger partial charge in [0.05, 0.1) is 0 Å². The lowest BCUT2D eigenvalue weighted by Gasteiger charge is -2.31. The topological polar surface area (TPSA) is 49.9 Å².